The predicted octanol–water partition coefficient (Wildman–Crippen LogP) is 4.14. The fourth-order valence-electron chi connectivity index (χ4n) is 3.31. The molecule has 0 saturated carbocycles. The number of amides is 2. The van der Waals surface area contributed by atoms with Crippen LogP contribution in [0, 0.1) is 0 Å². The van der Waals surface area contributed by atoms with Crippen molar-refractivity contribution in [3.8, 4) is 11.5 Å². The summed E-state index contributed by atoms with van der Waals surface area (Å²) < 4.78 is 6.00. The van der Waals surface area contributed by atoms with Crippen molar-refractivity contribution in [2.75, 3.05) is 14.1 Å². The van der Waals surface area contributed by atoms with Crippen LogP contribution in [0.2, 0.25) is 0 Å². The van der Waals surface area contributed by atoms with Gasteiger partial charge < -0.3 is 9.57 Å². The molecule has 4 rings (SSSR count). The minimum Gasteiger partial charge on any atom is -0.457 e. The molecule has 0 saturated heterocycles. The van der Waals surface area contributed by atoms with Crippen molar-refractivity contribution in [3.63, 3.8) is 0 Å². The Morgan fingerprint density at radius 1 is 0.833 bits per heavy atom. The maximum absolute atomic E-state index is 13.1. The van der Waals surface area contributed by atoms with Crippen LogP contribution in [-0.4, -0.2) is 36.2 Å². The van der Waals surface area contributed by atoms with Crippen molar-refractivity contribution < 1.29 is 19.2 Å². The van der Waals surface area contributed by atoms with E-state index in [9.17, 15) is 9.59 Å². The van der Waals surface area contributed by atoms with Gasteiger partial charge in [0, 0.05) is 25.2 Å². The molecule has 152 valence electrons. The highest BCUT2D eigenvalue weighted by Gasteiger charge is 2.37. The molecule has 3 aromatic carbocycles. The Hall–Kier alpha value is -3.84. The Kier molecular flexibility index (Phi) is 5.36. The number of benzene rings is 3. The SMILES string of the molecule is CN(C)NC(=O)N(OC(=O)c1ccccc1)C1c2ccccc2Oc2ccccc21. The number of hydroxylamine groups is 2. The molecule has 2 amide bonds. The van der Waals surface area contributed by atoms with E-state index in [0.717, 1.165) is 5.06 Å². The summed E-state index contributed by atoms with van der Waals surface area (Å²) in [5, 5.41) is 2.55. The molecule has 0 unspecified atom stereocenters. The summed E-state index contributed by atoms with van der Waals surface area (Å²) in [5.74, 6) is 0.560. The smallest absolute Gasteiger partial charge is 0.366 e. The van der Waals surface area contributed by atoms with Gasteiger partial charge in [-0.2, -0.15) is 0 Å². The highest BCUT2D eigenvalue weighted by molar-refractivity contribution is 5.90. The van der Waals surface area contributed by atoms with Crippen LogP contribution in [0.5, 0.6) is 11.5 Å². The summed E-state index contributed by atoms with van der Waals surface area (Å²) in [5.41, 5.74) is 4.43. The molecule has 7 heteroatoms. The van der Waals surface area contributed by atoms with Crippen LogP contribution in [0.15, 0.2) is 78.9 Å². The van der Waals surface area contributed by atoms with Gasteiger partial charge in [0.05, 0.1) is 5.56 Å². The van der Waals surface area contributed by atoms with Crippen LogP contribution in [0.25, 0.3) is 0 Å². The lowest BCUT2D eigenvalue weighted by molar-refractivity contribution is -0.0958. The molecular formula is C23H21N3O4. The lowest BCUT2D eigenvalue weighted by atomic mass is 9.94. The topological polar surface area (TPSA) is 71.1 Å². The molecular weight excluding hydrogens is 382 g/mol. The molecule has 0 aromatic heterocycles. The van der Waals surface area contributed by atoms with Crippen LogP contribution in [0.3, 0.4) is 0 Å². The fraction of sp³-hybridized carbons (Fsp3) is 0.130. The average Bonchev–Trinajstić information content (AvgIpc) is 2.76. The Labute approximate surface area is 174 Å². The monoisotopic (exact) mass is 403 g/mol. The maximum atomic E-state index is 13.1. The number of para-hydroxylation sites is 2. The van der Waals surface area contributed by atoms with Crippen LogP contribution in [0.1, 0.15) is 27.5 Å². The molecule has 0 atom stereocenters. The lowest BCUT2D eigenvalue weighted by Crippen LogP contribution is -2.48. The summed E-state index contributed by atoms with van der Waals surface area (Å²) in [6, 6.07) is 22.0. The van der Waals surface area contributed by atoms with Crippen molar-refractivity contribution >= 4 is 12.0 Å². The normalized spacial score (nSPS) is 12.4. The van der Waals surface area contributed by atoms with Gasteiger partial charge >= 0.3 is 12.0 Å². The summed E-state index contributed by atoms with van der Waals surface area (Å²) in [6.45, 7) is 0. The number of nitrogens with zero attached hydrogens (tertiary/aromatic N) is 2. The minimum atomic E-state index is -0.682. The van der Waals surface area contributed by atoms with Gasteiger partial charge in [-0.15, -0.1) is 5.06 Å². The molecule has 7 nitrogen and oxygen atoms in total. The molecule has 1 heterocycles. The van der Waals surface area contributed by atoms with E-state index in [-0.39, 0.29) is 0 Å². The number of ether oxygens (including phenoxy) is 1. The fourth-order valence-corrected chi connectivity index (χ4v) is 3.31. The van der Waals surface area contributed by atoms with Crippen LogP contribution in [0.4, 0.5) is 4.79 Å². The first-order valence-electron chi connectivity index (χ1n) is 9.45. The first-order chi connectivity index (χ1) is 14.5. The Morgan fingerprint density at radius 2 is 1.37 bits per heavy atom. The van der Waals surface area contributed by atoms with E-state index in [1.165, 1.54) is 5.01 Å². The van der Waals surface area contributed by atoms with Crippen molar-refractivity contribution in [2.45, 2.75) is 6.04 Å². The summed E-state index contributed by atoms with van der Waals surface area (Å²) in [6.07, 6.45) is 0. The standard InChI is InChI=1S/C23H21N3O4/c1-25(2)24-23(28)26(30-22(27)16-10-4-3-5-11-16)21-17-12-6-8-14-19(17)29-20-15-9-7-13-18(20)21/h3-15,21H,1-2H3,(H,24,28). The predicted molar refractivity (Wildman–Crippen MR) is 111 cm³/mol. The number of nitrogens with one attached hydrogen (secondary N) is 1. The summed E-state index contributed by atoms with van der Waals surface area (Å²) >= 11 is 0. The Bertz CT molecular complexity index is 1020. The number of carbonyl (C=O) groups is 2. The molecule has 0 aliphatic carbocycles. The third kappa shape index (κ3) is 3.83. The van der Waals surface area contributed by atoms with Crippen molar-refractivity contribution in [2.24, 2.45) is 0 Å². The number of urea groups is 1. The van der Waals surface area contributed by atoms with E-state index in [1.54, 1.807) is 44.4 Å². The number of carbonyl (C=O) groups excluding carboxylic acids is 2. The third-order valence-electron chi connectivity index (χ3n) is 4.59. The maximum Gasteiger partial charge on any atom is 0.366 e. The zero-order valence-corrected chi connectivity index (χ0v) is 16.6. The van der Waals surface area contributed by atoms with E-state index in [4.69, 9.17) is 9.57 Å². The molecule has 0 radical (unpaired) electrons. The molecule has 1 aliphatic heterocycles. The second kappa shape index (κ2) is 8.26. The van der Waals surface area contributed by atoms with Crippen LogP contribution >= 0.6 is 0 Å². The third-order valence-corrected chi connectivity index (χ3v) is 4.59. The zero-order chi connectivity index (χ0) is 21.1. The number of hydrazine groups is 1. The molecule has 3 aromatic rings. The number of rotatable bonds is 3. The van der Waals surface area contributed by atoms with E-state index >= 15 is 0 Å². The first-order valence-corrected chi connectivity index (χ1v) is 9.45. The van der Waals surface area contributed by atoms with E-state index in [1.807, 2.05) is 48.5 Å². The second-order valence-corrected chi connectivity index (χ2v) is 6.96. The first kappa shape index (κ1) is 19.5. The van der Waals surface area contributed by atoms with E-state index in [0.29, 0.717) is 28.2 Å². The van der Waals surface area contributed by atoms with Gasteiger partial charge in [0.25, 0.3) is 0 Å². The highest BCUT2D eigenvalue weighted by Crippen LogP contribution is 2.45. The van der Waals surface area contributed by atoms with Crippen molar-refractivity contribution in [1.29, 1.82) is 0 Å². The van der Waals surface area contributed by atoms with Gasteiger partial charge in [-0.3, -0.25) is 5.43 Å². The van der Waals surface area contributed by atoms with Gasteiger partial charge in [0.2, 0.25) is 0 Å². The average molecular weight is 403 g/mol. The van der Waals surface area contributed by atoms with Crippen LogP contribution < -0.4 is 10.2 Å². The largest absolute Gasteiger partial charge is 0.457 e. The van der Waals surface area contributed by atoms with Crippen molar-refractivity contribution in [1.82, 2.24) is 15.5 Å². The Balaban J connectivity index is 1.79. The number of fused-ring (bicyclic) bond motifs is 2. The van der Waals surface area contributed by atoms with Gasteiger partial charge in [0.1, 0.15) is 17.5 Å². The van der Waals surface area contributed by atoms with Gasteiger partial charge in [-0.1, -0.05) is 54.6 Å². The quantitative estimate of drug-likeness (QED) is 0.666. The Morgan fingerprint density at radius 3 is 1.93 bits per heavy atom. The van der Waals surface area contributed by atoms with E-state index in [2.05, 4.69) is 5.43 Å². The summed E-state index contributed by atoms with van der Waals surface area (Å²) in [4.78, 5) is 31.6. The minimum absolute atomic E-state index is 0.341. The molecule has 1 N–H and O–H groups in total. The number of hydrogen-bond acceptors (Lipinski definition) is 5. The zero-order valence-electron chi connectivity index (χ0n) is 16.6. The lowest BCUT2D eigenvalue weighted by Gasteiger charge is -2.35. The van der Waals surface area contributed by atoms with Gasteiger partial charge in [-0.05, 0) is 24.3 Å². The molecule has 0 bridgehead atoms. The molecule has 0 spiro atoms. The van der Waals surface area contributed by atoms with Gasteiger partial charge in [0.15, 0.2) is 0 Å². The number of hydrogen-bond donors (Lipinski definition) is 1. The summed E-state index contributed by atoms with van der Waals surface area (Å²) in [7, 11) is 3.36. The highest BCUT2D eigenvalue weighted by atomic mass is 16.7. The molecule has 1 aliphatic rings. The van der Waals surface area contributed by atoms with Crippen molar-refractivity contribution in [3.05, 3.63) is 95.6 Å². The van der Waals surface area contributed by atoms with E-state index < -0.39 is 18.0 Å². The molecule has 0 fully saturated rings. The van der Waals surface area contributed by atoms with Crippen LogP contribution in [-0.2, 0) is 4.84 Å². The molecule has 30 heavy (non-hydrogen) atoms. The second-order valence-electron chi connectivity index (χ2n) is 6.96. The van der Waals surface area contributed by atoms with Gasteiger partial charge in [-0.25, -0.2) is 14.6 Å².